The lowest BCUT2D eigenvalue weighted by Crippen LogP contribution is -2.32. The van der Waals surface area contributed by atoms with Gasteiger partial charge in [0.15, 0.2) is 0 Å². The Labute approximate surface area is 114 Å². The van der Waals surface area contributed by atoms with Crippen LogP contribution in [0, 0.1) is 11.6 Å². The average Bonchev–Trinajstić information content (AvgIpc) is 3.17. The van der Waals surface area contributed by atoms with E-state index < -0.39 is 23.3 Å². The minimum atomic E-state index is -0.975. The lowest BCUT2D eigenvalue weighted by molar-refractivity contribution is -0.114. The van der Waals surface area contributed by atoms with Gasteiger partial charge < -0.3 is 10.2 Å². The van der Waals surface area contributed by atoms with Crippen LogP contribution in [0.25, 0.3) is 0 Å². The van der Waals surface area contributed by atoms with Crippen LogP contribution in [-0.2, 0) is 4.79 Å². The van der Waals surface area contributed by atoms with Crippen LogP contribution in [0.1, 0.15) is 29.6 Å². The molecule has 0 atom stereocenters. The Hall–Kier alpha value is -1.82. The first-order chi connectivity index (χ1) is 9.58. The average molecular weight is 280 g/mol. The molecular formula is C14H14F2N2O2. The maximum absolute atomic E-state index is 13.6. The molecular weight excluding hydrogens is 266 g/mol. The first-order valence-corrected chi connectivity index (χ1v) is 6.66. The molecule has 1 fully saturated rings. The van der Waals surface area contributed by atoms with Gasteiger partial charge in [0.2, 0.25) is 0 Å². The van der Waals surface area contributed by atoms with Crippen LogP contribution >= 0.6 is 0 Å². The zero-order valence-corrected chi connectivity index (χ0v) is 10.8. The molecule has 2 aliphatic rings. The van der Waals surface area contributed by atoms with E-state index in [1.807, 2.05) is 0 Å². The van der Waals surface area contributed by atoms with Gasteiger partial charge in [-0.25, -0.2) is 8.78 Å². The zero-order chi connectivity index (χ0) is 14.3. The van der Waals surface area contributed by atoms with Crippen molar-refractivity contribution in [3.63, 3.8) is 0 Å². The van der Waals surface area contributed by atoms with Crippen LogP contribution in [0.2, 0.25) is 0 Å². The molecule has 1 aliphatic heterocycles. The van der Waals surface area contributed by atoms with E-state index in [9.17, 15) is 18.4 Å². The van der Waals surface area contributed by atoms with Crippen molar-refractivity contribution in [1.29, 1.82) is 0 Å². The quantitative estimate of drug-likeness (QED) is 0.659. The van der Waals surface area contributed by atoms with Crippen LogP contribution in [0.3, 0.4) is 0 Å². The third-order valence-electron chi connectivity index (χ3n) is 3.56. The normalized spacial score (nSPS) is 17.8. The van der Waals surface area contributed by atoms with Gasteiger partial charge in [0.05, 0.1) is 11.3 Å². The summed E-state index contributed by atoms with van der Waals surface area (Å²) in [7, 11) is 0. The molecule has 0 bridgehead atoms. The predicted molar refractivity (Wildman–Crippen MR) is 68.7 cm³/mol. The zero-order valence-electron chi connectivity index (χ0n) is 10.8. The van der Waals surface area contributed by atoms with Crippen LogP contribution in [0.15, 0.2) is 12.1 Å². The molecule has 0 saturated heterocycles. The highest BCUT2D eigenvalue weighted by Gasteiger charge is 2.38. The van der Waals surface area contributed by atoms with Gasteiger partial charge in [0.25, 0.3) is 11.7 Å². The highest BCUT2D eigenvalue weighted by atomic mass is 19.1. The number of nitrogens with zero attached hydrogens (tertiary/aromatic N) is 1. The monoisotopic (exact) mass is 280 g/mol. The maximum Gasteiger partial charge on any atom is 0.299 e. The first-order valence-electron chi connectivity index (χ1n) is 6.66. The van der Waals surface area contributed by atoms with E-state index in [1.54, 1.807) is 0 Å². The number of ketones is 1. The SMILES string of the molecule is O=C1C(=O)N(CCCNC2CC2)c2cc(F)cc(F)c21. The molecule has 0 spiro atoms. The molecule has 6 heteroatoms. The van der Waals surface area contributed by atoms with Crippen molar-refractivity contribution in [1.82, 2.24) is 5.32 Å². The standard InChI is InChI=1S/C14H14F2N2O2/c15-8-6-10(16)12-11(7-8)18(14(20)13(12)19)5-1-4-17-9-2-3-9/h6-7,9,17H,1-5H2. The lowest BCUT2D eigenvalue weighted by atomic mass is 10.1. The minimum Gasteiger partial charge on any atom is -0.314 e. The van der Waals surface area contributed by atoms with Crippen LogP contribution in [0.5, 0.6) is 0 Å². The second-order valence-corrected chi connectivity index (χ2v) is 5.15. The lowest BCUT2D eigenvalue weighted by Gasteiger charge is -2.16. The van der Waals surface area contributed by atoms with E-state index in [1.165, 1.54) is 17.7 Å². The molecule has 1 amide bonds. The smallest absolute Gasteiger partial charge is 0.299 e. The largest absolute Gasteiger partial charge is 0.314 e. The summed E-state index contributed by atoms with van der Waals surface area (Å²) < 4.78 is 26.9. The van der Waals surface area contributed by atoms with Crippen LogP contribution < -0.4 is 10.2 Å². The second kappa shape index (κ2) is 4.94. The van der Waals surface area contributed by atoms with Crippen LogP contribution in [-0.4, -0.2) is 30.8 Å². The van der Waals surface area contributed by atoms with E-state index >= 15 is 0 Å². The van der Waals surface area contributed by atoms with E-state index in [0.29, 0.717) is 18.5 Å². The van der Waals surface area contributed by atoms with Gasteiger partial charge >= 0.3 is 0 Å². The summed E-state index contributed by atoms with van der Waals surface area (Å²) in [5.74, 6) is -3.44. The molecule has 1 aromatic rings. The number of amides is 1. The Morgan fingerprint density at radius 1 is 1.25 bits per heavy atom. The molecule has 0 aromatic heterocycles. The Kier molecular flexibility index (Phi) is 3.25. The summed E-state index contributed by atoms with van der Waals surface area (Å²) in [6.45, 7) is 0.996. The van der Waals surface area contributed by atoms with Gasteiger partial charge in [-0.2, -0.15) is 0 Å². The highest BCUT2D eigenvalue weighted by molar-refractivity contribution is 6.52. The summed E-state index contributed by atoms with van der Waals surface area (Å²) in [5.41, 5.74) is -0.268. The fourth-order valence-corrected chi connectivity index (χ4v) is 2.39. The molecule has 1 heterocycles. The number of hydrogen-bond acceptors (Lipinski definition) is 3. The Bertz CT molecular complexity index is 585. The molecule has 0 unspecified atom stereocenters. The molecule has 1 aliphatic carbocycles. The number of fused-ring (bicyclic) bond motifs is 1. The fourth-order valence-electron chi connectivity index (χ4n) is 2.39. The Balaban J connectivity index is 1.74. The highest BCUT2D eigenvalue weighted by Crippen LogP contribution is 2.32. The number of anilines is 1. The fraction of sp³-hybridized carbons (Fsp3) is 0.429. The number of Topliss-reactive ketones (excluding diaryl/α,β-unsaturated/α-hetero) is 1. The Morgan fingerprint density at radius 3 is 2.70 bits per heavy atom. The third-order valence-corrected chi connectivity index (χ3v) is 3.56. The van der Waals surface area contributed by atoms with Gasteiger partial charge in [-0.05, 0) is 31.9 Å². The molecule has 4 nitrogen and oxygen atoms in total. The molecule has 1 aromatic carbocycles. The van der Waals surface area contributed by atoms with Gasteiger partial charge in [-0.3, -0.25) is 9.59 Å². The molecule has 1 saturated carbocycles. The molecule has 106 valence electrons. The second-order valence-electron chi connectivity index (χ2n) is 5.15. The summed E-state index contributed by atoms with van der Waals surface area (Å²) >= 11 is 0. The van der Waals surface area contributed by atoms with Crippen molar-refractivity contribution < 1.29 is 18.4 Å². The number of hydrogen-bond donors (Lipinski definition) is 1. The van der Waals surface area contributed by atoms with Crippen LogP contribution in [0.4, 0.5) is 14.5 Å². The predicted octanol–water partition coefficient (Wildman–Crippen LogP) is 1.64. The van der Waals surface area contributed by atoms with E-state index in [2.05, 4.69) is 5.32 Å². The number of carbonyl (C=O) groups excluding carboxylic acids is 2. The minimum absolute atomic E-state index is 0.0453. The van der Waals surface area contributed by atoms with Gasteiger partial charge in [0, 0.05) is 18.7 Å². The molecule has 20 heavy (non-hydrogen) atoms. The Morgan fingerprint density at radius 2 is 2.00 bits per heavy atom. The van der Waals surface area contributed by atoms with Gasteiger partial charge in [0.1, 0.15) is 11.6 Å². The molecule has 3 rings (SSSR count). The molecule has 0 radical (unpaired) electrons. The third kappa shape index (κ3) is 2.31. The summed E-state index contributed by atoms with van der Waals surface area (Å²) in [6, 6.07) is 2.23. The summed E-state index contributed by atoms with van der Waals surface area (Å²) in [6.07, 6.45) is 2.97. The number of carbonyl (C=O) groups is 2. The van der Waals surface area contributed by atoms with E-state index in [-0.39, 0.29) is 17.8 Å². The topological polar surface area (TPSA) is 49.4 Å². The van der Waals surface area contributed by atoms with Crippen molar-refractivity contribution in [2.24, 2.45) is 0 Å². The number of halogens is 2. The first kappa shape index (κ1) is 13.2. The maximum atomic E-state index is 13.6. The van der Waals surface area contributed by atoms with Crippen molar-refractivity contribution in [3.8, 4) is 0 Å². The van der Waals surface area contributed by atoms with Crippen molar-refractivity contribution in [2.45, 2.75) is 25.3 Å². The number of benzene rings is 1. The van der Waals surface area contributed by atoms with E-state index in [4.69, 9.17) is 0 Å². The van der Waals surface area contributed by atoms with Crippen molar-refractivity contribution in [2.75, 3.05) is 18.0 Å². The number of rotatable bonds is 5. The number of nitrogens with one attached hydrogen (secondary N) is 1. The molecule has 1 N–H and O–H groups in total. The van der Waals surface area contributed by atoms with Crippen molar-refractivity contribution in [3.05, 3.63) is 29.3 Å². The summed E-state index contributed by atoms with van der Waals surface area (Å²) in [5, 5.41) is 3.28. The van der Waals surface area contributed by atoms with Gasteiger partial charge in [-0.15, -0.1) is 0 Å². The van der Waals surface area contributed by atoms with Crippen molar-refractivity contribution >= 4 is 17.4 Å². The van der Waals surface area contributed by atoms with E-state index in [0.717, 1.165) is 12.6 Å². The van der Waals surface area contributed by atoms with Gasteiger partial charge in [-0.1, -0.05) is 0 Å². The summed E-state index contributed by atoms with van der Waals surface area (Å²) in [4.78, 5) is 24.7.